The van der Waals surface area contributed by atoms with E-state index in [1.165, 1.54) is 0 Å². The first-order valence-electron chi connectivity index (χ1n) is 9.24. The Morgan fingerprint density at radius 2 is 1.92 bits per heavy atom. The third-order valence-electron chi connectivity index (χ3n) is 4.79. The molecule has 0 spiro atoms. The summed E-state index contributed by atoms with van der Waals surface area (Å²) in [5, 5.41) is 11.9. The smallest absolute Gasteiger partial charge is 0.335 e. The van der Waals surface area contributed by atoms with Crippen LogP contribution in [-0.4, -0.2) is 47.4 Å². The molecule has 1 heterocycles. The highest BCUT2D eigenvalue weighted by atomic mass is 16.4. The van der Waals surface area contributed by atoms with E-state index in [0.717, 1.165) is 24.9 Å². The Kier molecular flexibility index (Phi) is 7.18. The summed E-state index contributed by atoms with van der Waals surface area (Å²) in [7, 11) is 0. The average molecular weight is 360 g/mol. The van der Waals surface area contributed by atoms with Gasteiger partial charge >= 0.3 is 5.97 Å². The maximum Gasteiger partial charge on any atom is 0.335 e. The van der Waals surface area contributed by atoms with Crippen molar-refractivity contribution in [3.8, 4) is 0 Å². The number of likely N-dealkylation sites (tertiary alicyclic amines) is 1. The highest BCUT2D eigenvalue weighted by Gasteiger charge is 2.24. The number of carbonyl (C=O) groups excluding carboxylic acids is 2. The summed E-state index contributed by atoms with van der Waals surface area (Å²) in [5.41, 5.74) is 1.21. The lowest BCUT2D eigenvalue weighted by Gasteiger charge is -2.33. The van der Waals surface area contributed by atoms with Crippen LogP contribution in [0, 0.1) is 11.8 Å². The van der Waals surface area contributed by atoms with Crippen molar-refractivity contribution in [3.63, 3.8) is 0 Å². The number of hydrogen-bond donors (Lipinski definition) is 2. The van der Waals surface area contributed by atoms with Crippen LogP contribution in [0.25, 0.3) is 0 Å². The second-order valence-electron chi connectivity index (χ2n) is 7.25. The fraction of sp³-hybridized carbons (Fsp3) is 0.550. The van der Waals surface area contributed by atoms with Gasteiger partial charge in [-0.05, 0) is 42.9 Å². The SMILES string of the molecule is CC(C)C(=O)NCC1CCCN(C(=O)CCc2ccc(C(=O)O)cc2)C1. The van der Waals surface area contributed by atoms with E-state index in [0.29, 0.717) is 31.8 Å². The molecule has 0 saturated carbocycles. The molecule has 2 rings (SSSR count). The van der Waals surface area contributed by atoms with Gasteiger partial charge < -0.3 is 15.3 Å². The topological polar surface area (TPSA) is 86.7 Å². The standard InChI is InChI=1S/C20H28N2O4/c1-14(2)19(24)21-12-16-4-3-11-22(13-16)18(23)10-7-15-5-8-17(9-6-15)20(25)26/h5-6,8-9,14,16H,3-4,7,10-13H2,1-2H3,(H,21,24)(H,25,26). The minimum Gasteiger partial charge on any atom is -0.478 e. The lowest BCUT2D eigenvalue weighted by atomic mass is 9.97. The van der Waals surface area contributed by atoms with Gasteiger partial charge in [-0.1, -0.05) is 26.0 Å². The molecule has 1 saturated heterocycles. The number of carbonyl (C=O) groups is 3. The maximum absolute atomic E-state index is 12.5. The van der Waals surface area contributed by atoms with E-state index in [-0.39, 0.29) is 23.3 Å². The maximum atomic E-state index is 12.5. The summed E-state index contributed by atoms with van der Waals surface area (Å²) in [5.74, 6) is -0.490. The van der Waals surface area contributed by atoms with Crippen LogP contribution in [0.5, 0.6) is 0 Å². The zero-order chi connectivity index (χ0) is 19.1. The van der Waals surface area contributed by atoms with Crippen molar-refractivity contribution in [1.82, 2.24) is 10.2 Å². The van der Waals surface area contributed by atoms with Crippen LogP contribution in [0.15, 0.2) is 24.3 Å². The van der Waals surface area contributed by atoms with Crippen LogP contribution in [0.1, 0.15) is 49.0 Å². The van der Waals surface area contributed by atoms with Crippen molar-refractivity contribution in [2.45, 2.75) is 39.5 Å². The molecular formula is C20H28N2O4. The second kappa shape index (κ2) is 9.36. The molecule has 6 nitrogen and oxygen atoms in total. The summed E-state index contributed by atoms with van der Waals surface area (Å²) < 4.78 is 0. The van der Waals surface area contributed by atoms with E-state index >= 15 is 0 Å². The quantitative estimate of drug-likeness (QED) is 0.781. The molecule has 2 amide bonds. The number of rotatable bonds is 7. The number of nitrogens with one attached hydrogen (secondary N) is 1. The number of benzene rings is 1. The molecule has 0 aliphatic carbocycles. The normalized spacial score (nSPS) is 17.2. The van der Waals surface area contributed by atoms with Crippen LogP contribution in [0.3, 0.4) is 0 Å². The van der Waals surface area contributed by atoms with Gasteiger partial charge in [-0.15, -0.1) is 0 Å². The number of hydrogen-bond acceptors (Lipinski definition) is 3. The van der Waals surface area contributed by atoms with Gasteiger partial charge in [-0.25, -0.2) is 4.79 Å². The fourth-order valence-corrected chi connectivity index (χ4v) is 3.13. The third kappa shape index (κ3) is 5.86. The highest BCUT2D eigenvalue weighted by molar-refractivity contribution is 5.87. The molecule has 6 heteroatoms. The van der Waals surface area contributed by atoms with Crippen molar-refractivity contribution < 1.29 is 19.5 Å². The lowest BCUT2D eigenvalue weighted by molar-refractivity contribution is -0.133. The number of aryl methyl sites for hydroxylation is 1. The molecule has 2 N–H and O–H groups in total. The molecule has 1 fully saturated rings. The number of nitrogens with zero attached hydrogens (tertiary/aromatic N) is 1. The molecule has 0 bridgehead atoms. The minimum absolute atomic E-state index is 0.0242. The number of carboxylic acids is 1. The molecule has 1 aromatic rings. The van der Waals surface area contributed by atoms with Crippen LogP contribution in [0.4, 0.5) is 0 Å². The summed E-state index contributed by atoms with van der Waals surface area (Å²) in [6.07, 6.45) is 3.00. The number of amides is 2. The zero-order valence-corrected chi connectivity index (χ0v) is 15.5. The van der Waals surface area contributed by atoms with Gasteiger partial charge in [-0.2, -0.15) is 0 Å². The average Bonchev–Trinajstić information content (AvgIpc) is 2.64. The molecule has 1 aliphatic rings. The minimum atomic E-state index is -0.948. The first-order valence-corrected chi connectivity index (χ1v) is 9.24. The van der Waals surface area contributed by atoms with E-state index in [4.69, 9.17) is 5.11 Å². The van der Waals surface area contributed by atoms with E-state index in [2.05, 4.69) is 5.32 Å². The first-order chi connectivity index (χ1) is 12.4. The Hall–Kier alpha value is -2.37. The number of carboxylic acid groups (broad SMARTS) is 1. The Morgan fingerprint density at radius 1 is 1.23 bits per heavy atom. The summed E-state index contributed by atoms with van der Waals surface area (Å²) >= 11 is 0. The summed E-state index contributed by atoms with van der Waals surface area (Å²) in [4.78, 5) is 36.9. The van der Waals surface area contributed by atoms with Gasteiger partial charge in [0.25, 0.3) is 0 Å². The Bertz CT molecular complexity index is 640. The Labute approximate surface area is 154 Å². The van der Waals surface area contributed by atoms with Crippen molar-refractivity contribution in [2.24, 2.45) is 11.8 Å². The summed E-state index contributed by atoms with van der Waals surface area (Å²) in [6, 6.07) is 6.65. The second-order valence-corrected chi connectivity index (χ2v) is 7.25. The predicted octanol–water partition coefficient (Wildman–Crippen LogP) is 2.33. The van der Waals surface area contributed by atoms with Gasteiger partial charge in [0, 0.05) is 32.0 Å². The predicted molar refractivity (Wildman–Crippen MR) is 98.9 cm³/mol. The fourth-order valence-electron chi connectivity index (χ4n) is 3.13. The zero-order valence-electron chi connectivity index (χ0n) is 15.5. The van der Waals surface area contributed by atoms with Gasteiger partial charge in [0.15, 0.2) is 0 Å². The highest BCUT2D eigenvalue weighted by Crippen LogP contribution is 2.17. The van der Waals surface area contributed by atoms with E-state index in [9.17, 15) is 14.4 Å². The number of piperidine rings is 1. The molecule has 1 aromatic carbocycles. The van der Waals surface area contributed by atoms with E-state index in [1.807, 2.05) is 18.7 Å². The largest absolute Gasteiger partial charge is 0.478 e. The van der Waals surface area contributed by atoms with Gasteiger partial charge in [0.1, 0.15) is 0 Å². The van der Waals surface area contributed by atoms with Crippen molar-refractivity contribution >= 4 is 17.8 Å². The lowest BCUT2D eigenvalue weighted by Crippen LogP contribution is -2.44. The summed E-state index contributed by atoms with van der Waals surface area (Å²) in [6.45, 7) is 5.82. The Balaban J connectivity index is 1.79. The van der Waals surface area contributed by atoms with Gasteiger partial charge in [0.05, 0.1) is 5.56 Å². The van der Waals surface area contributed by atoms with Crippen molar-refractivity contribution in [3.05, 3.63) is 35.4 Å². The molecule has 0 aromatic heterocycles. The van der Waals surface area contributed by atoms with E-state index < -0.39 is 5.97 Å². The van der Waals surface area contributed by atoms with Crippen LogP contribution < -0.4 is 5.32 Å². The van der Waals surface area contributed by atoms with Crippen LogP contribution in [0.2, 0.25) is 0 Å². The molecule has 1 aliphatic heterocycles. The Morgan fingerprint density at radius 3 is 2.54 bits per heavy atom. The first kappa shape index (κ1) is 19.9. The molecule has 142 valence electrons. The molecule has 1 unspecified atom stereocenters. The molecule has 26 heavy (non-hydrogen) atoms. The third-order valence-corrected chi connectivity index (χ3v) is 4.79. The molecule has 0 radical (unpaired) electrons. The van der Waals surface area contributed by atoms with Crippen molar-refractivity contribution in [2.75, 3.05) is 19.6 Å². The van der Waals surface area contributed by atoms with Gasteiger partial charge in [-0.3, -0.25) is 9.59 Å². The van der Waals surface area contributed by atoms with Crippen molar-refractivity contribution in [1.29, 1.82) is 0 Å². The molecular weight excluding hydrogens is 332 g/mol. The molecule has 1 atom stereocenters. The van der Waals surface area contributed by atoms with Gasteiger partial charge in [0.2, 0.25) is 11.8 Å². The monoisotopic (exact) mass is 360 g/mol. The number of aromatic carboxylic acids is 1. The van der Waals surface area contributed by atoms with Crippen LogP contribution >= 0.6 is 0 Å². The van der Waals surface area contributed by atoms with E-state index in [1.54, 1.807) is 24.3 Å². The van der Waals surface area contributed by atoms with Crippen LogP contribution in [-0.2, 0) is 16.0 Å².